The Morgan fingerprint density at radius 3 is 2.00 bits per heavy atom. The van der Waals surface area contributed by atoms with Crippen LogP contribution in [0.1, 0.15) is 6.42 Å². The van der Waals surface area contributed by atoms with Gasteiger partial charge in [-0.1, -0.05) is 0 Å². The standard InChI is InChI=1S/C6H4N2O6/c9-4-1-2-5(10)6(3-4,7(11)12)8(13)14/h1-2H,3H2. The number of hydrogen-bond acceptors (Lipinski definition) is 6. The summed E-state index contributed by atoms with van der Waals surface area (Å²) in [6.45, 7) is 0. The number of nitrogens with zero attached hydrogens (tertiary/aromatic N) is 2. The number of nitro groups is 2. The Kier molecular flexibility index (Phi) is 2.12. The maximum atomic E-state index is 11.0. The molecule has 1 aliphatic carbocycles. The van der Waals surface area contributed by atoms with E-state index in [0.29, 0.717) is 6.08 Å². The third-order valence-corrected chi connectivity index (χ3v) is 1.84. The minimum Gasteiger partial charge on any atom is -0.294 e. The Bertz CT molecular complexity index is 357. The fourth-order valence-electron chi connectivity index (χ4n) is 1.07. The molecule has 0 heterocycles. The third kappa shape index (κ3) is 1.16. The summed E-state index contributed by atoms with van der Waals surface area (Å²) in [5.41, 5.74) is -3.02. The molecule has 0 aromatic carbocycles. The van der Waals surface area contributed by atoms with Gasteiger partial charge in [-0.15, -0.1) is 0 Å². The van der Waals surface area contributed by atoms with E-state index >= 15 is 0 Å². The zero-order valence-electron chi connectivity index (χ0n) is 6.71. The summed E-state index contributed by atoms with van der Waals surface area (Å²) in [4.78, 5) is 40.0. The number of ketones is 2. The molecule has 0 atom stereocenters. The van der Waals surface area contributed by atoms with Crippen molar-refractivity contribution >= 4 is 11.6 Å². The summed E-state index contributed by atoms with van der Waals surface area (Å²) in [6.07, 6.45) is 0.341. The van der Waals surface area contributed by atoms with E-state index in [1.807, 2.05) is 0 Å². The molecule has 74 valence electrons. The van der Waals surface area contributed by atoms with Gasteiger partial charge in [-0.05, 0) is 6.08 Å². The van der Waals surface area contributed by atoms with Crippen LogP contribution >= 0.6 is 0 Å². The van der Waals surface area contributed by atoms with Gasteiger partial charge in [0.25, 0.3) is 0 Å². The first kappa shape index (κ1) is 9.96. The monoisotopic (exact) mass is 200 g/mol. The summed E-state index contributed by atoms with van der Waals surface area (Å²) in [5, 5.41) is 20.9. The van der Waals surface area contributed by atoms with Crippen LogP contribution in [0, 0.1) is 20.2 Å². The Labute approximate surface area is 76.5 Å². The lowest BCUT2D eigenvalue weighted by Gasteiger charge is -2.15. The van der Waals surface area contributed by atoms with E-state index in [1.54, 1.807) is 0 Å². The van der Waals surface area contributed by atoms with Crippen LogP contribution in [-0.2, 0) is 9.59 Å². The van der Waals surface area contributed by atoms with E-state index in [2.05, 4.69) is 0 Å². The summed E-state index contributed by atoms with van der Waals surface area (Å²) in [5.74, 6) is -2.09. The van der Waals surface area contributed by atoms with Gasteiger partial charge in [-0.2, -0.15) is 0 Å². The van der Waals surface area contributed by atoms with Crippen molar-refractivity contribution in [3.8, 4) is 0 Å². The molecule has 0 aromatic rings. The lowest BCUT2D eigenvalue weighted by atomic mass is 9.93. The molecule has 0 saturated heterocycles. The number of hydrogen-bond donors (Lipinski definition) is 0. The smallest absolute Gasteiger partial charge is 0.294 e. The van der Waals surface area contributed by atoms with E-state index in [-0.39, 0.29) is 0 Å². The lowest BCUT2D eigenvalue weighted by molar-refractivity contribution is -0.773. The van der Waals surface area contributed by atoms with E-state index in [1.165, 1.54) is 0 Å². The molecule has 8 nitrogen and oxygen atoms in total. The predicted molar refractivity (Wildman–Crippen MR) is 40.5 cm³/mol. The van der Waals surface area contributed by atoms with Crippen LogP contribution < -0.4 is 0 Å². The van der Waals surface area contributed by atoms with E-state index in [4.69, 9.17) is 0 Å². The molecule has 0 aromatic heterocycles. The molecule has 0 unspecified atom stereocenters. The van der Waals surface area contributed by atoms with Gasteiger partial charge in [0, 0.05) is 6.08 Å². The van der Waals surface area contributed by atoms with Crippen LogP contribution in [0.3, 0.4) is 0 Å². The van der Waals surface area contributed by atoms with Gasteiger partial charge < -0.3 is 0 Å². The van der Waals surface area contributed by atoms with E-state index < -0.39 is 33.5 Å². The van der Waals surface area contributed by atoms with Crippen molar-refractivity contribution in [1.82, 2.24) is 0 Å². The van der Waals surface area contributed by atoms with Crippen molar-refractivity contribution in [1.29, 1.82) is 0 Å². The summed E-state index contributed by atoms with van der Waals surface area (Å²) in [7, 11) is 0. The molecule has 0 spiro atoms. The molecule has 0 amide bonds. The minimum absolute atomic E-state index is 0.567. The molecule has 0 radical (unpaired) electrons. The Balaban J connectivity index is 3.30. The van der Waals surface area contributed by atoms with Gasteiger partial charge in [-0.3, -0.25) is 29.8 Å². The maximum absolute atomic E-state index is 11.0. The van der Waals surface area contributed by atoms with Crippen molar-refractivity contribution < 1.29 is 19.4 Å². The molecule has 0 aliphatic heterocycles. The number of carbonyl (C=O) groups excluding carboxylic acids is 2. The third-order valence-electron chi connectivity index (χ3n) is 1.84. The minimum atomic E-state index is -3.02. The zero-order valence-corrected chi connectivity index (χ0v) is 6.71. The van der Waals surface area contributed by atoms with Gasteiger partial charge in [0.2, 0.25) is 0 Å². The van der Waals surface area contributed by atoms with Gasteiger partial charge >= 0.3 is 11.4 Å². The first-order chi connectivity index (χ1) is 6.41. The van der Waals surface area contributed by atoms with Gasteiger partial charge in [0.05, 0.1) is 0 Å². The molecular weight excluding hydrogens is 196 g/mol. The van der Waals surface area contributed by atoms with Crippen LogP contribution in [0.4, 0.5) is 0 Å². The molecule has 8 heteroatoms. The Morgan fingerprint density at radius 1 is 1.14 bits per heavy atom. The summed E-state index contributed by atoms with van der Waals surface area (Å²) in [6, 6.07) is 0. The number of carbonyl (C=O) groups is 2. The highest BCUT2D eigenvalue weighted by molar-refractivity contribution is 6.08. The quantitative estimate of drug-likeness (QED) is 0.331. The SMILES string of the molecule is O=C1C=CC(=O)C([N+](=O)[O-])([N+](=O)[O-])C1. The Hall–Kier alpha value is -2.12. The first-order valence-corrected chi connectivity index (χ1v) is 3.45. The van der Waals surface area contributed by atoms with Crippen LogP contribution in [0.5, 0.6) is 0 Å². The van der Waals surface area contributed by atoms with Crippen molar-refractivity contribution in [2.24, 2.45) is 0 Å². The molecular formula is C6H4N2O6. The fraction of sp³-hybridized carbons (Fsp3) is 0.333. The Morgan fingerprint density at radius 2 is 1.64 bits per heavy atom. The van der Waals surface area contributed by atoms with Crippen LogP contribution in [0.2, 0.25) is 0 Å². The second kappa shape index (κ2) is 2.98. The van der Waals surface area contributed by atoms with Crippen molar-refractivity contribution in [3.63, 3.8) is 0 Å². The predicted octanol–water partition coefficient (Wildman–Crippen LogP) is -0.666. The average molecular weight is 200 g/mol. The van der Waals surface area contributed by atoms with Crippen LogP contribution in [-0.4, -0.2) is 27.1 Å². The molecule has 14 heavy (non-hydrogen) atoms. The molecule has 0 N–H and O–H groups in total. The second-order valence-corrected chi connectivity index (χ2v) is 2.67. The first-order valence-electron chi connectivity index (χ1n) is 3.45. The largest absolute Gasteiger partial charge is 0.526 e. The molecule has 0 bridgehead atoms. The highest BCUT2D eigenvalue weighted by Gasteiger charge is 2.65. The fourth-order valence-corrected chi connectivity index (χ4v) is 1.07. The highest BCUT2D eigenvalue weighted by atomic mass is 16.7. The molecule has 0 saturated carbocycles. The van der Waals surface area contributed by atoms with Gasteiger partial charge in [0.15, 0.2) is 12.2 Å². The maximum Gasteiger partial charge on any atom is 0.526 e. The zero-order chi connectivity index (χ0) is 10.9. The average Bonchev–Trinajstić information content (AvgIpc) is 2.08. The van der Waals surface area contributed by atoms with Crippen molar-refractivity contribution in [2.45, 2.75) is 12.1 Å². The number of rotatable bonds is 2. The van der Waals surface area contributed by atoms with Gasteiger partial charge in [-0.25, -0.2) is 0 Å². The lowest BCUT2D eigenvalue weighted by Crippen LogP contribution is -2.55. The molecule has 1 rings (SSSR count). The molecule has 0 fully saturated rings. The van der Waals surface area contributed by atoms with E-state index in [9.17, 15) is 29.8 Å². The topological polar surface area (TPSA) is 120 Å². The summed E-state index contributed by atoms with van der Waals surface area (Å²) >= 11 is 0. The van der Waals surface area contributed by atoms with Crippen molar-refractivity contribution in [3.05, 3.63) is 32.4 Å². The highest BCUT2D eigenvalue weighted by Crippen LogP contribution is 2.22. The van der Waals surface area contributed by atoms with E-state index in [0.717, 1.165) is 6.08 Å². The number of allylic oxidation sites excluding steroid dienone is 1. The van der Waals surface area contributed by atoms with Gasteiger partial charge in [0.1, 0.15) is 9.85 Å². The van der Waals surface area contributed by atoms with Crippen LogP contribution in [0.25, 0.3) is 0 Å². The van der Waals surface area contributed by atoms with Crippen molar-refractivity contribution in [2.75, 3.05) is 0 Å². The normalized spacial score (nSPS) is 19.4. The van der Waals surface area contributed by atoms with Crippen LogP contribution in [0.15, 0.2) is 12.2 Å². The second-order valence-electron chi connectivity index (χ2n) is 2.67. The molecule has 1 aliphatic rings. The summed E-state index contributed by atoms with van der Waals surface area (Å²) < 4.78 is 0.